The molecule has 0 atom stereocenters. The highest BCUT2D eigenvalue weighted by molar-refractivity contribution is 8.79. The van der Waals surface area contributed by atoms with Crippen molar-refractivity contribution in [3.05, 3.63) is 52.7 Å². The summed E-state index contributed by atoms with van der Waals surface area (Å²) in [6.07, 6.45) is 9.30. The number of hydrogen-bond acceptors (Lipinski definition) is 3. The second-order valence-electron chi connectivity index (χ2n) is 2.66. The first-order chi connectivity index (χ1) is 7.45. The number of furan rings is 1. The molecule has 0 radical (unpaired) electrons. The summed E-state index contributed by atoms with van der Waals surface area (Å²) in [5.41, 5.74) is 0. The van der Waals surface area contributed by atoms with Gasteiger partial charge in [0, 0.05) is 0 Å². The summed E-state index contributed by atoms with van der Waals surface area (Å²) >= 11 is 0. The highest BCUT2D eigenvalue weighted by Crippen LogP contribution is 2.33. The maximum absolute atomic E-state index is 5.14. The van der Waals surface area contributed by atoms with Gasteiger partial charge in [0.2, 0.25) is 0 Å². The van der Waals surface area contributed by atoms with E-state index < -0.39 is 0 Å². The molecule has 0 aromatic carbocycles. The molecule has 1 aromatic heterocycles. The van der Waals surface area contributed by atoms with E-state index in [2.05, 4.69) is 11.8 Å². The van der Waals surface area contributed by atoms with E-state index in [0.29, 0.717) is 0 Å². The van der Waals surface area contributed by atoms with Crippen molar-refractivity contribution in [2.45, 2.75) is 0 Å². The van der Waals surface area contributed by atoms with E-state index in [1.54, 1.807) is 33.9 Å². The summed E-state index contributed by atoms with van der Waals surface area (Å²) in [6.45, 7) is 0. The largest absolute Gasteiger partial charge is 0.465 e. The first kappa shape index (κ1) is 10.3. The first-order valence-corrected chi connectivity index (χ1v) is 6.58. The Morgan fingerprint density at radius 1 is 1.40 bits per heavy atom. The fraction of sp³-hybridized carbons (Fsp3) is 0. The fourth-order valence-corrected chi connectivity index (χ4v) is 2.45. The van der Waals surface area contributed by atoms with E-state index in [1.807, 2.05) is 35.8 Å². The zero-order valence-corrected chi connectivity index (χ0v) is 9.48. The number of allylic oxidation sites excluding steroid dienone is 4. The van der Waals surface area contributed by atoms with E-state index in [9.17, 15) is 0 Å². The van der Waals surface area contributed by atoms with E-state index in [1.165, 1.54) is 0 Å². The summed E-state index contributed by atoms with van der Waals surface area (Å²) in [7, 11) is 3.35. The van der Waals surface area contributed by atoms with Crippen LogP contribution in [0.2, 0.25) is 0 Å². The van der Waals surface area contributed by atoms with Crippen LogP contribution in [0.15, 0.2) is 51.4 Å². The summed E-state index contributed by atoms with van der Waals surface area (Å²) in [4.78, 5) is 1.08. The van der Waals surface area contributed by atoms with E-state index in [0.717, 1.165) is 10.7 Å². The highest BCUT2D eigenvalue weighted by Gasteiger charge is 1.94. The maximum Gasteiger partial charge on any atom is 0.127 e. The van der Waals surface area contributed by atoms with Crippen molar-refractivity contribution < 1.29 is 4.42 Å². The molecule has 0 aliphatic carbocycles. The van der Waals surface area contributed by atoms with Crippen LogP contribution >= 0.6 is 21.6 Å². The smallest absolute Gasteiger partial charge is 0.127 e. The summed E-state index contributed by atoms with van der Waals surface area (Å²) in [6, 6.07) is 3.75. The molecule has 1 nitrogen and oxygen atoms in total. The van der Waals surface area contributed by atoms with Crippen molar-refractivity contribution in [2.75, 3.05) is 0 Å². The van der Waals surface area contributed by atoms with Gasteiger partial charge < -0.3 is 4.42 Å². The van der Waals surface area contributed by atoms with Gasteiger partial charge in [-0.25, -0.2) is 0 Å². The monoisotopic (exact) mass is 232 g/mol. The number of hydrogen-bond donors (Lipinski definition) is 0. The summed E-state index contributed by atoms with van der Waals surface area (Å²) in [5.74, 6) is 6.85. The lowest BCUT2D eigenvalue weighted by atomic mass is 10.4. The Morgan fingerprint density at radius 2 is 2.40 bits per heavy atom. The molecular formula is C12H8OS2. The normalized spacial score (nSPS) is 14.8. The van der Waals surface area contributed by atoms with Gasteiger partial charge in [-0.05, 0) is 46.6 Å². The van der Waals surface area contributed by atoms with Crippen molar-refractivity contribution in [3.8, 4) is 11.8 Å². The van der Waals surface area contributed by atoms with Crippen LogP contribution in [0.4, 0.5) is 0 Å². The van der Waals surface area contributed by atoms with Crippen molar-refractivity contribution in [1.29, 1.82) is 0 Å². The van der Waals surface area contributed by atoms with Gasteiger partial charge in [-0.1, -0.05) is 28.7 Å². The van der Waals surface area contributed by atoms with Gasteiger partial charge in [0.25, 0.3) is 0 Å². The SMILES string of the molecule is C(#CC1=CC=CSS1)C=Cc1ccco1. The van der Waals surface area contributed by atoms with Crippen molar-refractivity contribution in [3.63, 3.8) is 0 Å². The predicted molar refractivity (Wildman–Crippen MR) is 67.9 cm³/mol. The molecule has 0 fully saturated rings. The van der Waals surface area contributed by atoms with Crippen molar-refractivity contribution >= 4 is 27.7 Å². The first-order valence-electron chi connectivity index (χ1n) is 4.37. The third-order valence-corrected chi connectivity index (χ3v) is 3.53. The van der Waals surface area contributed by atoms with Gasteiger partial charge in [0.05, 0.1) is 11.2 Å². The van der Waals surface area contributed by atoms with Crippen LogP contribution in [0.3, 0.4) is 0 Å². The molecule has 3 heteroatoms. The quantitative estimate of drug-likeness (QED) is 0.535. The summed E-state index contributed by atoms with van der Waals surface area (Å²) < 4.78 is 5.14. The molecule has 1 aliphatic heterocycles. The van der Waals surface area contributed by atoms with Crippen LogP contribution < -0.4 is 0 Å². The average Bonchev–Trinajstić information content (AvgIpc) is 2.79. The zero-order chi connectivity index (χ0) is 10.3. The molecule has 1 aromatic rings. The van der Waals surface area contributed by atoms with Crippen LogP contribution in [0, 0.1) is 11.8 Å². The van der Waals surface area contributed by atoms with Gasteiger partial charge in [-0.3, -0.25) is 0 Å². The third kappa shape index (κ3) is 3.43. The summed E-state index contributed by atoms with van der Waals surface area (Å²) in [5, 5.41) is 2.04. The molecule has 0 saturated carbocycles. The molecule has 1 aliphatic rings. The Morgan fingerprint density at radius 3 is 3.13 bits per heavy atom. The predicted octanol–water partition coefficient (Wildman–Crippen LogP) is 4.09. The molecule has 15 heavy (non-hydrogen) atoms. The molecule has 2 heterocycles. The van der Waals surface area contributed by atoms with Crippen LogP contribution in [-0.2, 0) is 0 Å². The molecule has 74 valence electrons. The molecule has 0 amide bonds. The van der Waals surface area contributed by atoms with E-state index >= 15 is 0 Å². The molecule has 0 unspecified atom stereocenters. The van der Waals surface area contributed by atoms with Crippen molar-refractivity contribution in [2.24, 2.45) is 0 Å². The molecule has 0 spiro atoms. The minimum absolute atomic E-state index is 0.823. The highest BCUT2D eigenvalue weighted by atomic mass is 33.1. The van der Waals surface area contributed by atoms with E-state index in [-0.39, 0.29) is 0 Å². The van der Waals surface area contributed by atoms with Crippen LogP contribution in [0.25, 0.3) is 6.08 Å². The second-order valence-corrected chi connectivity index (χ2v) is 4.81. The fourth-order valence-electron chi connectivity index (χ4n) is 0.951. The molecule has 0 bridgehead atoms. The van der Waals surface area contributed by atoms with Gasteiger partial charge in [-0.15, -0.1) is 0 Å². The van der Waals surface area contributed by atoms with Gasteiger partial charge in [0.15, 0.2) is 0 Å². The Bertz CT molecular complexity index is 456. The maximum atomic E-state index is 5.14. The van der Waals surface area contributed by atoms with Crippen molar-refractivity contribution in [1.82, 2.24) is 0 Å². The van der Waals surface area contributed by atoms with E-state index in [4.69, 9.17) is 4.42 Å². The zero-order valence-electron chi connectivity index (χ0n) is 7.84. The van der Waals surface area contributed by atoms with Crippen LogP contribution in [0.1, 0.15) is 5.76 Å². The standard InChI is InChI=1S/C12H8OS2/c1(5-11-6-3-9-13-11)2-7-12-8-4-10-14-15-12/h1,3-6,8-10H. The molecular weight excluding hydrogens is 224 g/mol. The lowest BCUT2D eigenvalue weighted by Crippen LogP contribution is -1.69. The Labute approximate surface area is 96.7 Å². The van der Waals surface area contributed by atoms with Crippen LogP contribution in [0.5, 0.6) is 0 Å². The van der Waals surface area contributed by atoms with Gasteiger partial charge in [-0.2, -0.15) is 0 Å². The second kappa shape index (κ2) is 5.59. The van der Waals surface area contributed by atoms with Gasteiger partial charge in [0.1, 0.15) is 5.76 Å². The Hall–Kier alpha value is -1.24. The topological polar surface area (TPSA) is 13.1 Å². The minimum Gasteiger partial charge on any atom is -0.465 e. The third-order valence-electron chi connectivity index (χ3n) is 1.59. The van der Waals surface area contributed by atoms with Crippen LogP contribution in [-0.4, -0.2) is 0 Å². The number of rotatable bonds is 1. The molecule has 0 saturated heterocycles. The lowest BCUT2D eigenvalue weighted by Gasteiger charge is -1.97. The Balaban J connectivity index is 1.95. The van der Waals surface area contributed by atoms with Gasteiger partial charge >= 0.3 is 0 Å². The molecule has 2 rings (SSSR count). The Kier molecular flexibility index (Phi) is 3.84. The average molecular weight is 232 g/mol. The minimum atomic E-state index is 0.823. The lowest BCUT2D eigenvalue weighted by molar-refractivity contribution is 0.557. The molecule has 0 N–H and O–H groups in total.